The Bertz CT molecular complexity index is 636. The van der Waals surface area contributed by atoms with Gasteiger partial charge in [-0.1, -0.05) is 32.8 Å². The Kier molecular flexibility index (Phi) is 6.69. The molecule has 2 saturated heterocycles. The summed E-state index contributed by atoms with van der Waals surface area (Å²) < 4.78 is 0. The van der Waals surface area contributed by atoms with Crippen molar-refractivity contribution in [1.29, 1.82) is 0 Å². The Morgan fingerprint density at radius 3 is 2.41 bits per heavy atom. The molecule has 1 aromatic heterocycles. The first-order valence-electron chi connectivity index (χ1n) is 10.3. The molecular weight excluding hydrogens is 340 g/mol. The van der Waals surface area contributed by atoms with Gasteiger partial charge >= 0.3 is 0 Å². The largest absolute Gasteiger partial charge is 0.357 e. The number of carbonyl (C=O) groups excluding carboxylic acids is 2. The number of nitrogens with one attached hydrogen (secondary N) is 1. The Labute approximate surface area is 162 Å². The maximum Gasteiger partial charge on any atom is 0.243 e. The topological polar surface area (TPSA) is 65.5 Å². The predicted octanol–water partition coefficient (Wildman–Crippen LogP) is 2.73. The molecule has 3 rings (SSSR count). The van der Waals surface area contributed by atoms with Crippen LogP contribution in [0.2, 0.25) is 0 Å². The molecule has 2 fully saturated rings. The third-order valence-corrected chi connectivity index (χ3v) is 5.55. The molecule has 0 spiro atoms. The SMILES string of the molecule is CC(C)[C@H](C(=O)NCc1ccc(N2CCCCCC2)nc1)N1CCCC1=O. The van der Waals surface area contributed by atoms with Crippen LogP contribution < -0.4 is 10.2 Å². The molecule has 1 atom stereocenters. The predicted molar refractivity (Wildman–Crippen MR) is 106 cm³/mol. The lowest BCUT2D eigenvalue weighted by Gasteiger charge is -2.29. The quantitative estimate of drug-likeness (QED) is 0.834. The normalized spacial score (nSPS) is 19.3. The van der Waals surface area contributed by atoms with Crippen LogP contribution in [0.3, 0.4) is 0 Å². The van der Waals surface area contributed by atoms with Gasteiger partial charge in [0, 0.05) is 38.8 Å². The standard InChI is InChI=1S/C21H32N4O2/c1-16(2)20(25-13-7-8-19(25)26)21(27)23-15-17-9-10-18(22-14-17)24-11-5-3-4-6-12-24/h9-10,14,16,20H,3-8,11-13,15H2,1-2H3,(H,23,27)/t20-/m1/s1. The van der Waals surface area contributed by atoms with Gasteiger partial charge in [0.05, 0.1) is 0 Å². The molecular formula is C21H32N4O2. The van der Waals surface area contributed by atoms with Crippen molar-refractivity contribution in [1.82, 2.24) is 15.2 Å². The molecule has 0 aliphatic carbocycles. The summed E-state index contributed by atoms with van der Waals surface area (Å²) in [5.41, 5.74) is 0.983. The smallest absolute Gasteiger partial charge is 0.243 e. The minimum atomic E-state index is -0.385. The molecule has 27 heavy (non-hydrogen) atoms. The fraction of sp³-hybridized carbons (Fsp3) is 0.667. The number of rotatable bonds is 6. The maximum atomic E-state index is 12.7. The van der Waals surface area contributed by atoms with Crippen molar-refractivity contribution in [3.05, 3.63) is 23.9 Å². The van der Waals surface area contributed by atoms with Crippen molar-refractivity contribution in [3.8, 4) is 0 Å². The highest BCUT2D eigenvalue weighted by Crippen LogP contribution is 2.20. The molecule has 0 aromatic carbocycles. The summed E-state index contributed by atoms with van der Waals surface area (Å²) in [5, 5.41) is 3.00. The van der Waals surface area contributed by atoms with E-state index in [1.165, 1.54) is 25.7 Å². The Morgan fingerprint density at radius 1 is 1.11 bits per heavy atom. The zero-order valence-corrected chi connectivity index (χ0v) is 16.6. The van der Waals surface area contributed by atoms with E-state index in [0.29, 0.717) is 19.5 Å². The summed E-state index contributed by atoms with van der Waals surface area (Å²) in [5.74, 6) is 1.13. The lowest BCUT2D eigenvalue weighted by molar-refractivity contribution is -0.139. The van der Waals surface area contributed by atoms with Crippen molar-refractivity contribution in [3.63, 3.8) is 0 Å². The molecule has 2 aliphatic rings. The van der Waals surface area contributed by atoms with E-state index in [0.717, 1.165) is 30.9 Å². The number of amides is 2. The fourth-order valence-corrected chi connectivity index (χ4v) is 4.07. The third-order valence-electron chi connectivity index (χ3n) is 5.55. The Hall–Kier alpha value is -2.11. The van der Waals surface area contributed by atoms with Gasteiger partial charge in [0.2, 0.25) is 11.8 Å². The number of nitrogens with zero attached hydrogens (tertiary/aromatic N) is 3. The van der Waals surface area contributed by atoms with Gasteiger partial charge in [-0.15, -0.1) is 0 Å². The van der Waals surface area contributed by atoms with Crippen LogP contribution in [-0.4, -0.2) is 47.4 Å². The summed E-state index contributed by atoms with van der Waals surface area (Å²) >= 11 is 0. The first-order chi connectivity index (χ1) is 13.1. The first kappa shape index (κ1) is 19.6. The van der Waals surface area contributed by atoms with Crippen molar-refractivity contribution < 1.29 is 9.59 Å². The van der Waals surface area contributed by atoms with E-state index in [9.17, 15) is 9.59 Å². The van der Waals surface area contributed by atoms with Crippen LogP contribution >= 0.6 is 0 Å². The van der Waals surface area contributed by atoms with Gasteiger partial charge in [-0.05, 0) is 36.8 Å². The van der Waals surface area contributed by atoms with Crippen LogP contribution in [0.4, 0.5) is 5.82 Å². The fourth-order valence-electron chi connectivity index (χ4n) is 4.07. The number of carbonyl (C=O) groups is 2. The highest BCUT2D eigenvalue weighted by molar-refractivity contribution is 5.88. The summed E-state index contributed by atoms with van der Waals surface area (Å²) in [6.07, 6.45) is 8.31. The average Bonchev–Trinajstić information content (AvgIpc) is 2.91. The van der Waals surface area contributed by atoms with Gasteiger partial charge < -0.3 is 15.1 Å². The molecule has 2 aliphatic heterocycles. The van der Waals surface area contributed by atoms with E-state index in [4.69, 9.17) is 0 Å². The van der Waals surface area contributed by atoms with Crippen LogP contribution in [0.25, 0.3) is 0 Å². The first-order valence-corrected chi connectivity index (χ1v) is 10.3. The van der Waals surface area contributed by atoms with E-state index in [1.54, 1.807) is 4.90 Å². The summed E-state index contributed by atoms with van der Waals surface area (Å²) in [6.45, 7) is 7.26. The highest BCUT2D eigenvalue weighted by atomic mass is 16.2. The minimum Gasteiger partial charge on any atom is -0.357 e. The molecule has 2 amide bonds. The van der Waals surface area contributed by atoms with Gasteiger partial charge in [-0.2, -0.15) is 0 Å². The Balaban J connectivity index is 1.56. The zero-order chi connectivity index (χ0) is 19.2. The van der Waals surface area contributed by atoms with Gasteiger partial charge in [0.25, 0.3) is 0 Å². The van der Waals surface area contributed by atoms with Gasteiger partial charge in [0.1, 0.15) is 11.9 Å². The Morgan fingerprint density at radius 2 is 1.85 bits per heavy atom. The summed E-state index contributed by atoms with van der Waals surface area (Å²) in [6, 6.07) is 3.71. The van der Waals surface area contributed by atoms with E-state index in [2.05, 4.69) is 21.3 Å². The number of likely N-dealkylation sites (tertiary alicyclic amines) is 1. The molecule has 0 saturated carbocycles. The molecule has 1 aromatic rings. The van der Waals surface area contributed by atoms with Crippen LogP contribution in [0.1, 0.15) is 57.9 Å². The van der Waals surface area contributed by atoms with Crippen molar-refractivity contribution in [2.45, 2.75) is 65.0 Å². The number of aromatic nitrogens is 1. The van der Waals surface area contributed by atoms with Crippen molar-refractivity contribution in [2.75, 3.05) is 24.5 Å². The number of pyridine rings is 1. The third kappa shape index (κ3) is 4.99. The molecule has 6 heteroatoms. The molecule has 1 N–H and O–H groups in total. The van der Waals surface area contributed by atoms with Gasteiger partial charge in [-0.3, -0.25) is 9.59 Å². The monoisotopic (exact) mass is 372 g/mol. The van der Waals surface area contributed by atoms with Crippen molar-refractivity contribution >= 4 is 17.6 Å². The second kappa shape index (κ2) is 9.20. The molecule has 0 bridgehead atoms. The van der Waals surface area contributed by atoms with Crippen LogP contribution in [0, 0.1) is 5.92 Å². The maximum absolute atomic E-state index is 12.7. The second-order valence-corrected chi connectivity index (χ2v) is 8.02. The number of hydrogen-bond acceptors (Lipinski definition) is 4. The number of anilines is 1. The highest BCUT2D eigenvalue weighted by Gasteiger charge is 2.34. The minimum absolute atomic E-state index is 0.0724. The summed E-state index contributed by atoms with van der Waals surface area (Å²) in [7, 11) is 0. The zero-order valence-electron chi connectivity index (χ0n) is 16.6. The van der Waals surface area contributed by atoms with E-state index < -0.39 is 0 Å². The lowest BCUT2D eigenvalue weighted by atomic mass is 10.0. The average molecular weight is 373 g/mol. The molecule has 3 heterocycles. The van der Waals surface area contributed by atoms with Gasteiger partial charge in [0.15, 0.2) is 0 Å². The molecule has 6 nitrogen and oxygen atoms in total. The van der Waals surface area contributed by atoms with E-state index in [-0.39, 0.29) is 23.8 Å². The molecule has 148 valence electrons. The van der Waals surface area contributed by atoms with Crippen LogP contribution in [-0.2, 0) is 16.1 Å². The number of hydrogen-bond donors (Lipinski definition) is 1. The van der Waals surface area contributed by atoms with Crippen molar-refractivity contribution in [2.24, 2.45) is 5.92 Å². The molecule has 0 unspecified atom stereocenters. The van der Waals surface area contributed by atoms with Crippen LogP contribution in [0.15, 0.2) is 18.3 Å². The summed E-state index contributed by atoms with van der Waals surface area (Å²) in [4.78, 5) is 33.4. The van der Waals surface area contributed by atoms with Crippen LogP contribution in [0.5, 0.6) is 0 Å². The van der Waals surface area contributed by atoms with E-state index in [1.807, 2.05) is 26.1 Å². The lowest BCUT2D eigenvalue weighted by Crippen LogP contribution is -2.50. The second-order valence-electron chi connectivity index (χ2n) is 8.02. The van der Waals surface area contributed by atoms with Gasteiger partial charge in [-0.25, -0.2) is 4.98 Å². The van der Waals surface area contributed by atoms with E-state index >= 15 is 0 Å². The molecule has 0 radical (unpaired) electrons.